The maximum atomic E-state index is 13.3. The molecule has 0 unspecified atom stereocenters. The Morgan fingerprint density at radius 3 is 3.00 bits per heavy atom. The molecule has 2 rings (SSSR count). The van der Waals surface area contributed by atoms with Gasteiger partial charge in [-0.3, -0.25) is 0 Å². The van der Waals surface area contributed by atoms with Gasteiger partial charge in [0.1, 0.15) is 13.2 Å². The number of methoxy groups -OCH3 is 1. The third-order valence-corrected chi connectivity index (χ3v) is 2.33. The minimum atomic E-state index is -1.09. The van der Waals surface area contributed by atoms with Gasteiger partial charge in [0.15, 0.2) is 11.6 Å². The highest BCUT2D eigenvalue weighted by Crippen LogP contribution is 2.24. The van der Waals surface area contributed by atoms with E-state index in [1.54, 1.807) is 0 Å². The molecule has 0 fully saturated rings. The highest BCUT2D eigenvalue weighted by Gasteiger charge is 2.12. The smallest absolute Gasteiger partial charge is 0.329 e. The Bertz CT molecular complexity index is 614. The van der Waals surface area contributed by atoms with E-state index in [9.17, 15) is 9.18 Å². The predicted octanol–water partition coefficient (Wildman–Crippen LogP) is 1.49. The number of nitrogens with zero attached hydrogens (tertiary/aromatic N) is 2. The lowest BCUT2D eigenvalue weighted by Gasteiger charge is -2.02. The average Bonchev–Trinajstić information content (AvgIpc) is 2.87. The molecule has 1 heterocycles. The van der Waals surface area contributed by atoms with Crippen molar-refractivity contribution in [3.05, 3.63) is 29.9 Å². The average molecular weight is 282 g/mol. The van der Waals surface area contributed by atoms with E-state index in [0.29, 0.717) is 5.56 Å². The zero-order chi connectivity index (χ0) is 14.5. The Kier molecular flexibility index (Phi) is 4.26. The molecule has 0 spiro atoms. The second-order valence-electron chi connectivity index (χ2n) is 3.75. The van der Waals surface area contributed by atoms with Gasteiger partial charge in [-0.05, 0) is 18.2 Å². The van der Waals surface area contributed by atoms with E-state index in [-0.39, 0.29) is 24.1 Å². The van der Waals surface area contributed by atoms with Gasteiger partial charge < -0.3 is 19.1 Å². The molecule has 1 N–H and O–H groups in total. The fourth-order valence-corrected chi connectivity index (χ4v) is 1.46. The summed E-state index contributed by atoms with van der Waals surface area (Å²) in [5.74, 6) is -1.16. The third kappa shape index (κ3) is 3.29. The first-order chi connectivity index (χ1) is 9.60. The number of carboxylic acids is 1. The first kappa shape index (κ1) is 13.9. The van der Waals surface area contributed by atoms with E-state index in [1.165, 1.54) is 25.3 Å². The van der Waals surface area contributed by atoms with Crippen LogP contribution in [0.1, 0.15) is 5.89 Å². The molecule has 0 aliphatic carbocycles. The largest absolute Gasteiger partial charge is 0.494 e. The van der Waals surface area contributed by atoms with Crippen LogP contribution in [0, 0.1) is 5.82 Å². The first-order valence-electron chi connectivity index (χ1n) is 5.56. The van der Waals surface area contributed by atoms with Crippen LogP contribution in [0.4, 0.5) is 4.39 Å². The minimum Gasteiger partial charge on any atom is -0.494 e. The fraction of sp³-hybridized carbons (Fsp3) is 0.250. The first-order valence-corrected chi connectivity index (χ1v) is 5.56. The Morgan fingerprint density at radius 1 is 1.50 bits per heavy atom. The molecule has 1 aromatic carbocycles. The number of carbonyl (C=O) groups is 1. The van der Waals surface area contributed by atoms with Gasteiger partial charge in [0.05, 0.1) is 7.11 Å². The highest BCUT2D eigenvalue weighted by atomic mass is 19.1. The summed E-state index contributed by atoms with van der Waals surface area (Å²) in [6.07, 6.45) is 0. The molecule has 8 heteroatoms. The molecule has 2 aromatic rings. The van der Waals surface area contributed by atoms with Crippen LogP contribution in [0.3, 0.4) is 0 Å². The second-order valence-corrected chi connectivity index (χ2v) is 3.75. The molecule has 0 aliphatic heterocycles. The van der Waals surface area contributed by atoms with E-state index in [0.717, 1.165) is 0 Å². The molecule has 0 bridgehead atoms. The Balaban J connectivity index is 2.10. The van der Waals surface area contributed by atoms with Crippen molar-refractivity contribution < 1.29 is 28.3 Å². The van der Waals surface area contributed by atoms with E-state index in [2.05, 4.69) is 10.1 Å². The molecule has 106 valence electrons. The molecule has 0 saturated heterocycles. The van der Waals surface area contributed by atoms with Crippen LogP contribution < -0.4 is 4.74 Å². The summed E-state index contributed by atoms with van der Waals surface area (Å²) in [4.78, 5) is 14.3. The van der Waals surface area contributed by atoms with E-state index < -0.39 is 18.4 Å². The summed E-state index contributed by atoms with van der Waals surface area (Å²) in [6.45, 7) is -0.570. The number of hydrogen-bond acceptors (Lipinski definition) is 6. The summed E-state index contributed by atoms with van der Waals surface area (Å²) in [7, 11) is 1.35. The molecular weight excluding hydrogens is 271 g/mol. The summed E-state index contributed by atoms with van der Waals surface area (Å²) in [5, 5.41) is 12.1. The van der Waals surface area contributed by atoms with Crippen molar-refractivity contribution in [2.45, 2.75) is 6.61 Å². The molecule has 1 aromatic heterocycles. The SMILES string of the molecule is COc1cc(-c2noc(COCC(=O)O)n2)ccc1F. The lowest BCUT2D eigenvalue weighted by Crippen LogP contribution is -2.06. The third-order valence-electron chi connectivity index (χ3n) is 2.33. The van der Waals surface area contributed by atoms with Gasteiger partial charge in [-0.25, -0.2) is 9.18 Å². The number of benzene rings is 1. The van der Waals surface area contributed by atoms with Gasteiger partial charge in [-0.15, -0.1) is 0 Å². The fourth-order valence-electron chi connectivity index (χ4n) is 1.46. The van der Waals surface area contributed by atoms with Gasteiger partial charge in [0, 0.05) is 5.56 Å². The molecular formula is C12H11FN2O5. The van der Waals surface area contributed by atoms with Gasteiger partial charge in [-0.1, -0.05) is 5.16 Å². The normalized spacial score (nSPS) is 10.5. The number of aliphatic carboxylic acids is 1. The van der Waals surface area contributed by atoms with Crippen molar-refractivity contribution in [3.63, 3.8) is 0 Å². The summed E-state index contributed by atoms with van der Waals surface area (Å²) in [6, 6.07) is 4.14. The number of rotatable bonds is 6. The van der Waals surface area contributed by atoms with E-state index in [1.807, 2.05) is 0 Å². The van der Waals surface area contributed by atoms with Crippen LogP contribution in [0.5, 0.6) is 5.75 Å². The number of halogens is 1. The van der Waals surface area contributed by atoms with Crippen molar-refractivity contribution in [1.82, 2.24) is 10.1 Å². The zero-order valence-electron chi connectivity index (χ0n) is 10.5. The van der Waals surface area contributed by atoms with Crippen LogP contribution in [-0.4, -0.2) is 34.9 Å². The van der Waals surface area contributed by atoms with Gasteiger partial charge >= 0.3 is 5.97 Å². The molecule has 0 aliphatic rings. The van der Waals surface area contributed by atoms with E-state index in [4.69, 9.17) is 19.1 Å². The van der Waals surface area contributed by atoms with Crippen LogP contribution in [0.25, 0.3) is 11.4 Å². The maximum absolute atomic E-state index is 13.3. The lowest BCUT2D eigenvalue weighted by atomic mass is 10.2. The van der Waals surface area contributed by atoms with Crippen molar-refractivity contribution >= 4 is 5.97 Å². The molecule has 0 saturated carbocycles. The minimum absolute atomic E-state index is 0.0657. The van der Waals surface area contributed by atoms with Crippen LogP contribution in [-0.2, 0) is 16.1 Å². The standard InChI is InChI=1S/C12H11FN2O5/c1-18-9-4-7(2-3-8(9)13)12-14-10(20-15-12)5-19-6-11(16)17/h2-4H,5-6H2,1H3,(H,16,17). The Hall–Kier alpha value is -2.48. The monoisotopic (exact) mass is 282 g/mol. The van der Waals surface area contributed by atoms with Gasteiger partial charge in [0.2, 0.25) is 5.82 Å². The number of hydrogen-bond donors (Lipinski definition) is 1. The number of ether oxygens (including phenoxy) is 2. The van der Waals surface area contributed by atoms with Gasteiger partial charge in [0.25, 0.3) is 5.89 Å². The van der Waals surface area contributed by atoms with Gasteiger partial charge in [-0.2, -0.15) is 4.98 Å². The Labute approximate surface area is 112 Å². The number of aromatic nitrogens is 2. The van der Waals surface area contributed by atoms with Crippen molar-refractivity contribution in [3.8, 4) is 17.1 Å². The summed E-state index contributed by atoms with van der Waals surface area (Å²) >= 11 is 0. The van der Waals surface area contributed by atoms with E-state index >= 15 is 0 Å². The summed E-state index contributed by atoms with van der Waals surface area (Å²) in [5.41, 5.74) is 0.511. The molecule has 0 radical (unpaired) electrons. The highest BCUT2D eigenvalue weighted by molar-refractivity contribution is 5.68. The van der Waals surface area contributed by atoms with Crippen molar-refractivity contribution in [1.29, 1.82) is 0 Å². The summed E-state index contributed by atoms with van der Waals surface area (Å²) < 4.78 is 27.8. The lowest BCUT2D eigenvalue weighted by molar-refractivity contribution is -0.142. The van der Waals surface area contributed by atoms with Crippen molar-refractivity contribution in [2.24, 2.45) is 0 Å². The Morgan fingerprint density at radius 2 is 2.30 bits per heavy atom. The van der Waals surface area contributed by atoms with Crippen molar-refractivity contribution in [2.75, 3.05) is 13.7 Å². The van der Waals surface area contributed by atoms with Crippen LogP contribution >= 0.6 is 0 Å². The molecule has 20 heavy (non-hydrogen) atoms. The maximum Gasteiger partial charge on any atom is 0.329 e. The van der Waals surface area contributed by atoms with Crippen LogP contribution in [0.15, 0.2) is 22.7 Å². The number of carboxylic acid groups (broad SMARTS) is 1. The molecule has 0 amide bonds. The topological polar surface area (TPSA) is 94.7 Å². The zero-order valence-corrected chi connectivity index (χ0v) is 10.5. The predicted molar refractivity (Wildman–Crippen MR) is 63.5 cm³/mol. The quantitative estimate of drug-likeness (QED) is 0.857. The van der Waals surface area contributed by atoms with Crippen LogP contribution in [0.2, 0.25) is 0 Å². The second kappa shape index (κ2) is 6.11. The molecule has 7 nitrogen and oxygen atoms in total. The molecule has 0 atom stereocenters.